The van der Waals surface area contributed by atoms with Crippen LogP contribution in [0, 0.1) is 13.8 Å². The van der Waals surface area contributed by atoms with Crippen LogP contribution in [0.4, 0.5) is 0 Å². The number of nitrogens with zero attached hydrogens (tertiary/aromatic N) is 4. The van der Waals surface area contributed by atoms with E-state index in [1.54, 1.807) is 26.4 Å². The highest BCUT2D eigenvalue weighted by Crippen LogP contribution is 2.30. The molecule has 8 heteroatoms. The minimum atomic E-state index is -0.188. The molecule has 29 heavy (non-hydrogen) atoms. The molecule has 8 nitrogen and oxygen atoms in total. The number of hydrogen-bond acceptors (Lipinski definition) is 6. The lowest BCUT2D eigenvalue weighted by atomic mass is 10.0. The van der Waals surface area contributed by atoms with Crippen LogP contribution in [0.1, 0.15) is 29.7 Å². The van der Waals surface area contributed by atoms with E-state index < -0.39 is 0 Å². The van der Waals surface area contributed by atoms with Crippen LogP contribution in [-0.2, 0) is 11.3 Å². The van der Waals surface area contributed by atoms with Crippen LogP contribution in [0.15, 0.2) is 36.4 Å². The summed E-state index contributed by atoms with van der Waals surface area (Å²) in [5, 5.41) is 15.3. The Bertz CT molecular complexity index is 1020. The quantitative estimate of drug-likeness (QED) is 0.661. The third-order valence-electron chi connectivity index (χ3n) is 4.79. The Morgan fingerprint density at radius 1 is 1.07 bits per heavy atom. The van der Waals surface area contributed by atoms with E-state index in [4.69, 9.17) is 9.47 Å². The number of aryl methyl sites for hydroxylation is 2. The summed E-state index contributed by atoms with van der Waals surface area (Å²) in [6.07, 6.45) is 0. The van der Waals surface area contributed by atoms with Crippen molar-refractivity contribution < 1.29 is 14.3 Å². The molecule has 0 aliphatic heterocycles. The zero-order chi connectivity index (χ0) is 21.0. The number of rotatable bonds is 7. The molecular formula is C21H25N5O3. The lowest BCUT2D eigenvalue weighted by molar-refractivity contribution is -0.122. The van der Waals surface area contributed by atoms with E-state index in [0.29, 0.717) is 17.3 Å². The number of ether oxygens (including phenoxy) is 2. The van der Waals surface area contributed by atoms with Crippen LogP contribution >= 0.6 is 0 Å². The first-order valence-electron chi connectivity index (χ1n) is 9.28. The fourth-order valence-electron chi connectivity index (χ4n) is 2.93. The van der Waals surface area contributed by atoms with E-state index in [9.17, 15) is 4.79 Å². The average molecular weight is 395 g/mol. The Morgan fingerprint density at radius 2 is 1.83 bits per heavy atom. The van der Waals surface area contributed by atoms with Crippen molar-refractivity contribution in [3.05, 3.63) is 53.1 Å². The number of carbonyl (C=O) groups is 1. The maximum Gasteiger partial charge on any atom is 0.244 e. The summed E-state index contributed by atoms with van der Waals surface area (Å²) in [6.45, 7) is 6.05. The molecule has 0 saturated carbocycles. The molecule has 1 atom stereocenters. The molecule has 1 heterocycles. The monoisotopic (exact) mass is 395 g/mol. The Morgan fingerprint density at radius 3 is 2.52 bits per heavy atom. The second kappa shape index (κ2) is 8.72. The van der Waals surface area contributed by atoms with Gasteiger partial charge in [0.2, 0.25) is 11.7 Å². The van der Waals surface area contributed by atoms with Crippen molar-refractivity contribution in [2.75, 3.05) is 14.2 Å². The predicted molar refractivity (Wildman–Crippen MR) is 109 cm³/mol. The first-order chi connectivity index (χ1) is 13.9. The number of benzene rings is 2. The molecule has 0 aliphatic carbocycles. The van der Waals surface area contributed by atoms with Crippen molar-refractivity contribution in [1.29, 1.82) is 0 Å². The Labute approximate surface area is 169 Å². The predicted octanol–water partition coefficient (Wildman–Crippen LogP) is 2.85. The van der Waals surface area contributed by atoms with Crippen molar-refractivity contribution >= 4 is 5.91 Å². The molecule has 1 N–H and O–H groups in total. The van der Waals surface area contributed by atoms with E-state index in [0.717, 1.165) is 11.1 Å². The van der Waals surface area contributed by atoms with Crippen molar-refractivity contribution in [1.82, 2.24) is 25.5 Å². The highest BCUT2D eigenvalue weighted by molar-refractivity contribution is 5.76. The van der Waals surface area contributed by atoms with Gasteiger partial charge in [-0.1, -0.05) is 18.2 Å². The first kappa shape index (κ1) is 20.3. The number of hydrogen-bond donors (Lipinski definition) is 1. The second-order valence-corrected chi connectivity index (χ2v) is 6.85. The van der Waals surface area contributed by atoms with Gasteiger partial charge in [-0.25, -0.2) is 0 Å². The smallest absolute Gasteiger partial charge is 0.244 e. The molecule has 0 aliphatic rings. The number of methoxy groups -OCH3 is 2. The molecule has 0 unspecified atom stereocenters. The van der Waals surface area contributed by atoms with Crippen molar-refractivity contribution in [2.24, 2.45) is 0 Å². The van der Waals surface area contributed by atoms with Gasteiger partial charge in [-0.3, -0.25) is 4.79 Å². The Kier molecular flexibility index (Phi) is 6.11. The van der Waals surface area contributed by atoms with Crippen molar-refractivity contribution in [3.63, 3.8) is 0 Å². The SMILES string of the molecule is COc1ccc(-c2nnn(CC(=O)N[C@H](C)c3ccc(C)c(C)c3)n2)cc1OC. The minimum absolute atomic E-state index is 0.0184. The molecule has 3 aromatic rings. The summed E-state index contributed by atoms with van der Waals surface area (Å²) in [7, 11) is 3.14. The van der Waals surface area contributed by atoms with Gasteiger partial charge in [0.15, 0.2) is 11.5 Å². The summed E-state index contributed by atoms with van der Waals surface area (Å²) in [6, 6.07) is 11.4. The van der Waals surface area contributed by atoms with Gasteiger partial charge in [0, 0.05) is 5.56 Å². The van der Waals surface area contributed by atoms with Crippen LogP contribution in [0.25, 0.3) is 11.4 Å². The number of tetrazole rings is 1. The summed E-state index contributed by atoms with van der Waals surface area (Å²) in [4.78, 5) is 13.7. The first-order valence-corrected chi connectivity index (χ1v) is 9.28. The van der Waals surface area contributed by atoms with E-state index >= 15 is 0 Å². The molecule has 0 fully saturated rings. The van der Waals surface area contributed by atoms with E-state index in [1.807, 2.05) is 19.1 Å². The third kappa shape index (κ3) is 4.71. The number of nitrogens with one attached hydrogen (secondary N) is 1. The third-order valence-corrected chi connectivity index (χ3v) is 4.79. The summed E-state index contributed by atoms with van der Waals surface area (Å²) >= 11 is 0. The standard InChI is InChI=1S/C21H25N5O3/c1-13-6-7-16(10-14(13)2)15(3)22-20(27)12-26-24-21(23-25-26)17-8-9-18(28-4)19(11-17)29-5/h6-11,15H,12H2,1-5H3,(H,22,27)/t15-/m1/s1. The van der Waals surface area contributed by atoms with Crippen LogP contribution < -0.4 is 14.8 Å². The van der Waals surface area contributed by atoms with Gasteiger partial charge >= 0.3 is 0 Å². The molecule has 1 amide bonds. The highest BCUT2D eigenvalue weighted by atomic mass is 16.5. The van der Waals surface area contributed by atoms with Crippen LogP contribution in [0.3, 0.4) is 0 Å². The van der Waals surface area contributed by atoms with Gasteiger partial charge in [-0.05, 0) is 60.9 Å². The van der Waals surface area contributed by atoms with Gasteiger partial charge < -0.3 is 14.8 Å². The summed E-state index contributed by atoms with van der Waals surface area (Å²) < 4.78 is 10.5. The van der Waals surface area contributed by atoms with Gasteiger partial charge in [0.05, 0.1) is 20.3 Å². The van der Waals surface area contributed by atoms with E-state index in [-0.39, 0.29) is 18.5 Å². The zero-order valence-corrected chi connectivity index (χ0v) is 17.3. The molecule has 1 aromatic heterocycles. The van der Waals surface area contributed by atoms with Crippen LogP contribution in [0.2, 0.25) is 0 Å². The second-order valence-electron chi connectivity index (χ2n) is 6.85. The Hall–Kier alpha value is -3.42. The molecule has 2 aromatic carbocycles. The molecule has 152 valence electrons. The lowest BCUT2D eigenvalue weighted by Crippen LogP contribution is -2.30. The fourth-order valence-corrected chi connectivity index (χ4v) is 2.93. The maximum atomic E-state index is 12.4. The Balaban J connectivity index is 1.66. The normalized spacial score (nSPS) is 11.8. The number of amides is 1. The molecule has 0 bridgehead atoms. The van der Waals surface area contributed by atoms with Crippen LogP contribution in [-0.4, -0.2) is 40.3 Å². The average Bonchev–Trinajstić information content (AvgIpc) is 3.17. The van der Waals surface area contributed by atoms with Crippen LogP contribution in [0.5, 0.6) is 11.5 Å². The van der Waals surface area contributed by atoms with Crippen molar-refractivity contribution in [3.8, 4) is 22.9 Å². The van der Waals surface area contributed by atoms with Crippen molar-refractivity contribution in [2.45, 2.75) is 33.4 Å². The topological polar surface area (TPSA) is 91.2 Å². The zero-order valence-electron chi connectivity index (χ0n) is 17.3. The van der Waals surface area contributed by atoms with Gasteiger partial charge in [0.1, 0.15) is 6.54 Å². The highest BCUT2D eigenvalue weighted by Gasteiger charge is 2.14. The summed E-state index contributed by atoms with van der Waals surface area (Å²) in [5.41, 5.74) is 4.19. The van der Waals surface area contributed by atoms with Gasteiger partial charge in [-0.2, -0.15) is 4.80 Å². The van der Waals surface area contributed by atoms with Gasteiger partial charge in [-0.15, -0.1) is 10.2 Å². The fraction of sp³-hybridized carbons (Fsp3) is 0.333. The molecule has 0 radical (unpaired) electrons. The minimum Gasteiger partial charge on any atom is -0.493 e. The number of aromatic nitrogens is 4. The maximum absolute atomic E-state index is 12.4. The van der Waals surface area contributed by atoms with E-state index in [1.165, 1.54) is 15.9 Å². The van der Waals surface area contributed by atoms with Gasteiger partial charge in [0.25, 0.3) is 0 Å². The number of carbonyl (C=O) groups excluding carboxylic acids is 1. The molecule has 3 rings (SSSR count). The lowest BCUT2D eigenvalue weighted by Gasteiger charge is -2.15. The van der Waals surface area contributed by atoms with E-state index in [2.05, 4.69) is 46.7 Å². The molecular weight excluding hydrogens is 370 g/mol. The molecule has 0 saturated heterocycles. The molecule has 0 spiro atoms. The largest absolute Gasteiger partial charge is 0.493 e. The summed E-state index contributed by atoms with van der Waals surface area (Å²) in [5.74, 6) is 1.40.